The van der Waals surface area contributed by atoms with Crippen LogP contribution in [0.2, 0.25) is 0 Å². The van der Waals surface area contributed by atoms with E-state index in [9.17, 15) is 14.4 Å². The van der Waals surface area contributed by atoms with Gasteiger partial charge in [0.2, 0.25) is 5.91 Å². The van der Waals surface area contributed by atoms with E-state index < -0.39 is 12.0 Å². The van der Waals surface area contributed by atoms with Crippen molar-refractivity contribution in [2.24, 2.45) is 0 Å². The minimum absolute atomic E-state index is 0.00605. The van der Waals surface area contributed by atoms with Gasteiger partial charge in [0.05, 0.1) is 13.2 Å². The van der Waals surface area contributed by atoms with Crippen LogP contribution in [0.15, 0.2) is 0 Å². The molecule has 2 fully saturated rings. The first-order chi connectivity index (χ1) is 9.09. The van der Waals surface area contributed by atoms with E-state index in [0.29, 0.717) is 26.2 Å². The zero-order valence-electron chi connectivity index (χ0n) is 10.5. The van der Waals surface area contributed by atoms with Gasteiger partial charge in [0.25, 0.3) is 0 Å². The second-order valence-electron chi connectivity index (χ2n) is 4.49. The van der Waals surface area contributed by atoms with E-state index in [1.807, 2.05) is 0 Å². The molecule has 8 nitrogen and oxygen atoms in total. The van der Waals surface area contributed by atoms with Gasteiger partial charge in [-0.05, 0) is 0 Å². The van der Waals surface area contributed by atoms with E-state index in [1.54, 1.807) is 0 Å². The Morgan fingerprint density at radius 1 is 1.32 bits per heavy atom. The summed E-state index contributed by atoms with van der Waals surface area (Å²) in [5.41, 5.74) is 0. The zero-order chi connectivity index (χ0) is 13.8. The van der Waals surface area contributed by atoms with E-state index in [-0.39, 0.29) is 31.5 Å². The molecule has 2 rings (SSSR count). The smallest absolute Gasteiger partial charge is 0.328 e. The van der Waals surface area contributed by atoms with Crippen LogP contribution in [0.3, 0.4) is 0 Å². The predicted octanol–water partition coefficient (Wildman–Crippen LogP) is -1.29. The van der Waals surface area contributed by atoms with Gasteiger partial charge in [-0.3, -0.25) is 4.79 Å². The number of morpholine rings is 1. The number of amides is 3. The number of carboxylic acid groups (broad SMARTS) is 1. The van der Waals surface area contributed by atoms with Crippen LogP contribution in [-0.4, -0.2) is 78.2 Å². The highest BCUT2D eigenvalue weighted by Gasteiger charge is 2.35. The van der Waals surface area contributed by atoms with Crippen molar-refractivity contribution in [2.45, 2.75) is 12.5 Å². The lowest BCUT2D eigenvalue weighted by atomic mass is 10.2. The number of aliphatic carboxylic acids is 1. The molecule has 0 aliphatic carbocycles. The van der Waals surface area contributed by atoms with E-state index in [4.69, 9.17) is 9.84 Å². The van der Waals surface area contributed by atoms with Gasteiger partial charge >= 0.3 is 12.0 Å². The monoisotopic (exact) mass is 271 g/mol. The summed E-state index contributed by atoms with van der Waals surface area (Å²) in [6, 6.07) is -1.29. The molecule has 0 aromatic rings. The Morgan fingerprint density at radius 2 is 2.11 bits per heavy atom. The summed E-state index contributed by atoms with van der Waals surface area (Å²) >= 11 is 0. The molecule has 1 atom stereocenters. The highest BCUT2D eigenvalue weighted by Crippen LogP contribution is 2.12. The molecule has 0 saturated carbocycles. The predicted molar refractivity (Wildman–Crippen MR) is 63.5 cm³/mol. The number of carboxylic acids is 1. The number of hydrogen-bond acceptors (Lipinski definition) is 4. The fourth-order valence-corrected chi connectivity index (χ4v) is 2.18. The van der Waals surface area contributed by atoms with Gasteiger partial charge in [0, 0.05) is 32.6 Å². The number of rotatable bonds is 1. The van der Waals surface area contributed by atoms with Gasteiger partial charge in [0.1, 0.15) is 0 Å². The molecule has 2 heterocycles. The molecule has 0 bridgehead atoms. The molecule has 0 aromatic heterocycles. The summed E-state index contributed by atoms with van der Waals surface area (Å²) in [5.74, 6) is -1.16. The summed E-state index contributed by atoms with van der Waals surface area (Å²) in [6.07, 6.45) is 0.244. The first-order valence-corrected chi connectivity index (χ1v) is 6.22. The van der Waals surface area contributed by atoms with Crippen LogP contribution in [0.5, 0.6) is 0 Å². The van der Waals surface area contributed by atoms with Crippen molar-refractivity contribution < 1.29 is 24.2 Å². The molecule has 2 N–H and O–H groups in total. The van der Waals surface area contributed by atoms with Crippen LogP contribution in [0.4, 0.5) is 4.79 Å². The number of ether oxygens (including phenoxy) is 1. The van der Waals surface area contributed by atoms with Crippen molar-refractivity contribution in [3.8, 4) is 0 Å². The molecular formula is C11H17N3O5. The highest BCUT2D eigenvalue weighted by atomic mass is 16.5. The number of carbonyl (C=O) groups is 3. The van der Waals surface area contributed by atoms with Crippen LogP contribution in [0.1, 0.15) is 6.42 Å². The Labute approximate surface area is 110 Å². The van der Waals surface area contributed by atoms with Gasteiger partial charge in [-0.15, -0.1) is 0 Å². The third kappa shape index (κ3) is 3.14. The quantitative estimate of drug-likeness (QED) is 0.618. The van der Waals surface area contributed by atoms with Crippen molar-refractivity contribution in [2.75, 3.05) is 39.4 Å². The number of carbonyl (C=O) groups excluding carboxylic acids is 2. The van der Waals surface area contributed by atoms with Crippen LogP contribution in [-0.2, 0) is 14.3 Å². The number of hydrogen-bond donors (Lipinski definition) is 2. The van der Waals surface area contributed by atoms with Gasteiger partial charge < -0.3 is 25.0 Å². The zero-order valence-corrected chi connectivity index (χ0v) is 10.5. The SMILES string of the molecule is O=C1CCN(C(=O)N2CCOCC2C(=O)O)CCN1. The fraction of sp³-hybridized carbons (Fsp3) is 0.727. The first kappa shape index (κ1) is 13.6. The lowest BCUT2D eigenvalue weighted by molar-refractivity contribution is -0.147. The molecule has 2 saturated heterocycles. The van der Waals surface area contributed by atoms with Crippen molar-refractivity contribution >= 4 is 17.9 Å². The molecular weight excluding hydrogens is 254 g/mol. The average molecular weight is 271 g/mol. The third-order valence-corrected chi connectivity index (χ3v) is 3.24. The van der Waals surface area contributed by atoms with Crippen molar-refractivity contribution in [1.82, 2.24) is 15.1 Å². The maximum Gasteiger partial charge on any atom is 0.328 e. The highest BCUT2D eigenvalue weighted by molar-refractivity contribution is 5.84. The molecule has 0 spiro atoms. The van der Waals surface area contributed by atoms with Crippen molar-refractivity contribution in [3.05, 3.63) is 0 Å². The molecule has 3 amide bonds. The van der Waals surface area contributed by atoms with Gasteiger partial charge in [-0.25, -0.2) is 9.59 Å². The summed E-state index contributed by atoms with van der Waals surface area (Å²) in [5, 5.41) is 11.8. The minimum atomic E-state index is -1.07. The lowest BCUT2D eigenvalue weighted by Gasteiger charge is -2.36. The first-order valence-electron chi connectivity index (χ1n) is 6.22. The summed E-state index contributed by atoms with van der Waals surface area (Å²) in [6.45, 7) is 1.70. The third-order valence-electron chi connectivity index (χ3n) is 3.24. The largest absolute Gasteiger partial charge is 0.480 e. The maximum atomic E-state index is 12.3. The molecule has 1 unspecified atom stereocenters. The van der Waals surface area contributed by atoms with Gasteiger partial charge in [-0.1, -0.05) is 0 Å². The maximum absolute atomic E-state index is 12.3. The van der Waals surface area contributed by atoms with Crippen LogP contribution in [0, 0.1) is 0 Å². The Morgan fingerprint density at radius 3 is 2.84 bits per heavy atom. The Balaban J connectivity index is 2.04. The van der Waals surface area contributed by atoms with Crippen molar-refractivity contribution in [1.29, 1.82) is 0 Å². The number of urea groups is 1. The van der Waals surface area contributed by atoms with E-state index in [0.717, 1.165) is 0 Å². The van der Waals surface area contributed by atoms with Crippen LogP contribution < -0.4 is 5.32 Å². The molecule has 8 heteroatoms. The van der Waals surface area contributed by atoms with Crippen LogP contribution >= 0.6 is 0 Å². The van der Waals surface area contributed by atoms with Gasteiger partial charge in [-0.2, -0.15) is 0 Å². The molecule has 0 radical (unpaired) electrons. The number of nitrogens with one attached hydrogen (secondary N) is 1. The normalized spacial score (nSPS) is 24.6. The molecule has 0 aromatic carbocycles. The topological polar surface area (TPSA) is 99.2 Å². The summed E-state index contributed by atoms with van der Waals surface area (Å²) < 4.78 is 5.09. The molecule has 2 aliphatic heterocycles. The molecule has 106 valence electrons. The van der Waals surface area contributed by atoms with E-state index in [2.05, 4.69) is 5.32 Å². The van der Waals surface area contributed by atoms with Crippen LogP contribution in [0.25, 0.3) is 0 Å². The molecule has 19 heavy (non-hydrogen) atoms. The average Bonchev–Trinajstić information content (AvgIpc) is 2.62. The Hall–Kier alpha value is -1.83. The summed E-state index contributed by atoms with van der Waals surface area (Å²) in [7, 11) is 0. The second kappa shape index (κ2) is 5.87. The number of nitrogens with zero attached hydrogens (tertiary/aromatic N) is 2. The van der Waals surface area contributed by atoms with Crippen molar-refractivity contribution in [3.63, 3.8) is 0 Å². The standard InChI is InChI=1S/C11H17N3O5/c15-9-1-3-13(4-2-12-9)11(18)14-5-6-19-7-8(14)10(16)17/h8H,1-7H2,(H,12,15)(H,16,17). The fourth-order valence-electron chi connectivity index (χ4n) is 2.18. The van der Waals surface area contributed by atoms with Gasteiger partial charge in [0.15, 0.2) is 6.04 Å². The van der Waals surface area contributed by atoms with E-state index >= 15 is 0 Å². The Bertz CT molecular complexity index is 387. The Kier molecular flexibility index (Phi) is 4.20. The van der Waals surface area contributed by atoms with E-state index in [1.165, 1.54) is 9.80 Å². The lowest BCUT2D eigenvalue weighted by Crippen LogP contribution is -2.56. The molecule has 2 aliphatic rings. The summed E-state index contributed by atoms with van der Waals surface area (Å²) in [4.78, 5) is 37.5. The minimum Gasteiger partial charge on any atom is -0.480 e. The second-order valence-corrected chi connectivity index (χ2v) is 4.49.